The lowest BCUT2D eigenvalue weighted by atomic mass is 10.1. The van der Waals surface area contributed by atoms with Gasteiger partial charge in [-0.15, -0.1) is 0 Å². The molecule has 6 nitrogen and oxygen atoms in total. The molecule has 0 atom stereocenters. The highest BCUT2D eigenvalue weighted by Gasteiger charge is 2.15. The van der Waals surface area contributed by atoms with Gasteiger partial charge in [0.25, 0.3) is 0 Å². The highest BCUT2D eigenvalue weighted by atomic mass is 19.1. The molecular formula is C19H15FO6. The van der Waals surface area contributed by atoms with E-state index in [1.165, 1.54) is 31.4 Å². The number of hydrogen-bond acceptors (Lipinski definition) is 6. The van der Waals surface area contributed by atoms with Crippen molar-refractivity contribution < 1.29 is 27.8 Å². The molecule has 2 aromatic carbocycles. The van der Waals surface area contributed by atoms with Crippen LogP contribution >= 0.6 is 0 Å². The summed E-state index contributed by atoms with van der Waals surface area (Å²) in [6, 6.07) is 8.79. The Kier molecular flexibility index (Phi) is 4.88. The number of hydrogen-bond donors (Lipinski definition) is 0. The summed E-state index contributed by atoms with van der Waals surface area (Å²) in [5, 5.41) is 0.252. The molecule has 3 rings (SSSR count). The summed E-state index contributed by atoms with van der Waals surface area (Å²) >= 11 is 0. The number of aryl methyl sites for hydroxylation is 1. The zero-order valence-electron chi connectivity index (χ0n) is 14.1. The quantitative estimate of drug-likeness (QED) is 0.649. The molecule has 0 bridgehead atoms. The molecule has 26 heavy (non-hydrogen) atoms. The summed E-state index contributed by atoms with van der Waals surface area (Å²) < 4.78 is 34.4. The van der Waals surface area contributed by atoms with Crippen LogP contribution in [0, 0.1) is 12.7 Å². The van der Waals surface area contributed by atoms with E-state index in [2.05, 4.69) is 4.74 Å². The zero-order chi connectivity index (χ0) is 18.7. The minimum atomic E-state index is -0.588. The first-order valence-electron chi connectivity index (χ1n) is 7.68. The molecule has 0 saturated carbocycles. The zero-order valence-corrected chi connectivity index (χ0v) is 14.1. The van der Waals surface area contributed by atoms with Crippen LogP contribution in [0.3, 0.4) is 0 Å². The van der Waals surface area contributed by atoms with Crippen LogP contribution in [0.15, 0.2) is 51.9 Å². The predicted molar refractivity (Wildman–Crippen MR) is 91.2 cm³/mol. The van der Waals surface area contributed by atoms with Crippen LogP contribution in [-0.2, 0) is 9.53 Å². The number of fused-ring (bicyclic) bond motifs is 1. The van der Waals surface area contributed by atoms with E-state index < -0.39 is 17.2 Å². The van der Waals surface area contributed by atoms with Gasteiger partial charge >= 0.3 is 5.97 Å². The lowest BCUT2D eigenvalue weighted by Gasteiger charge is -2.11. The highest BCUT2D eigenvalue weighted by Crippen LogP contribution is 2.29. The van der Waals surface area contributed by atoms with Gasteiger partial charge in [0, 0.05) is 5.56 Å². The lowest BCUT2D eigenvalue weighted by Crippen LogP contribution is -2.13. The van der Waals surface area contributed by atoms with Gasteiger partial charge in [-0.1, -0.05) is 12.1 Å². The van der Waals surface area contributed by atoms with Gasteiger partial charge in [-0.2, -0.15) is 0 Å². The fourth-order valence-electron chi connectivity index (χ4n) is 2.37. The Morgan fingerprint density at radius 1 is 1.12 bits per heavy atom. The van der Waals surface area contributed by atoms with Crippen molar-refractivity contribution in [2.45, 2.75) is 6.92 Å². The Labute approximate surface area is 147 Å². The van der Waals surface area contributed by atoms with Crippen molar-refractivity contribution in [3.8, 4) is 17.2 Å². The molecule has 0 amide bonds. The van der Waals surface area contributed by atoms with Crippen molar-refractivity contribution in [1.82, 2.24) is 0 Å². The first-order valence-corrected chi connectivity index (χ1v) is 7.68. The van der Waals surface area contributed by atoms with Crippen molar-refractivity contribution in [3.63, 3.8) is 0 Å². The van der Waals surface area contributed by atoms with E-state index in [1.54, 1.807) is 19.1 Å². The van der Waals surface area contributed by atoms with Crippen LogP contribution in [-0.4, -0.2) is 19.7 Å². The molecule has 7 heteroatoms. The predicted octanol–water partition coefficient (Wildman–Crippen LogP) is 3.58. The second-order valence-corrected chi connectivity index (χ2v) is 5.39. The molecule has 0 aliphatic rings. The summed E-state index contributed by atoms with van der Waals surface area (Å²) in [5.41, 5.74) is 0.385. The summed E-state index contributed by atoms with van der Waals surface area (Å²) in [4.78, 5) is 23.8. The van der Waals surface area contributed by atoms with E-state index in [1.807, 2.05) is 0 Å². The maximum absolute atomic E-state index is 13.7. The monoisotopic (exact) mass is 358 g/mol. The van der Waals surface area contributed by atoms with Crippen molar-refractivity contribution in [1.29, 1.82) is 0 Å². The molecule has 0 radical (unpaired) electrons. The van der Waals surface area contributed by atoms with E-state index in [0.29, 0.717) is 16.9 Å². The van der Waals surface area contributed by atoms with Crippen LogP contribution in [0.1, 0.15) is 5.56 Å². The molecule has 0 fully saturated rings. The van der Waals surface area contributed by atoms with Gasteiger partial charge in [0.2, 0.25) is 11.2 Å². The Bertz CT molecular complexity index is 1020. The largest absolute Gasteiger partial charge is 0.481 e. The van der Waals surface area contributed by atoms with E-state index >= 15 is 0 Å². The topological polar surface area (TPSA) is 75.0 Å². The maximum Gasteiger partial charge on any atom is 0.343 e. The summed E-state index contributed by atoms with van der Waals surface area (Å²) in [5.74, 6) is -0.942. The second kappa shape index (κ2) is 7.26. The molecule has 134 valence electrons. The number of rotatable bonds is 5. The van der Waals surface area contributed by atoms with Crippen molar-refractivity contribution in [3.05, 3.63) is 64.3 Å². The molecule has 1 aromatic heterocycles. The van der Waals surface area contributed by atoms with E-state index in [4.69, 9.17) is 13.9 Å². The van der Waals surface area contributed by atoms with Gasteiger partial charge in [-0.25, -0.2) is 9.18 Å². The third-order valence-corrected chi connectivity index (χ3v) is 3.74. The molecule has 3 aromatic rings. The van der Waals surface area contributed by atoms with Crippen LogP contribution in [0.25, 0.3) is 11.0 Å². The smallest absolute Gasteiger partial charge is 0.343 e. The lowest BCUT2D eigenvalue weighted by molar-refractivity contribution is -0.142. The van der Waals surface area contributed by atoms with Gasteiger partial charge in [0.05, 0.1) is 12.5 Å². The Morgan fingerprint density at radius 2 is 1.88 bits per heavy atom. The van der Waals surface area contributed by atoms with Crippen LogP contribution < -0.4 is 14.9 Å². The highest BCUT2D eigenvalue weighted by molar-refractivity contribution is 5.83. The molecule has 0 spiro atoms. The molecule has 0 N–H and O–H groups in total. The maximum atomic E-state index is 13.7. The molecule has 0 saturated heterocycles. The van der Waals surface area contributed by atoms with Crippen molar-refractivity contribution in [2.24, 2.45) is 0 Å². The van der Waals surface area contributed by atoms with E-state index in [0.717, 1.165) is 6.26 Å². The first kappa shape index (κ1) is 17.5. The number of benzene rings is 2. The minimum absolute atomic E-state index is 0.0751. The number of carbonyl (C=O) groups excluding carboxylic acids is 1. The van der Waals surface area contributed by atoms with E-state index in [9.17, 15) is 14.0 Å². The Hall–Kier alpha value is -3.35. The third-order valence-electron chi connectivity index (χ3n) is 3.74. The molecule has 1 heterocycles. The molecule has 0 aliphatic carbocycles. The van der Waals surface area contributed by atoms with Gasteiger partial charge in [0.1, 0.15) is 17.6 Å². The molecule has 0 unspecified atom stereocenters. The number of esters is 1. The number of para-hydroxylation sites is 1. The SMILES string of the molecule is COC(=O)COc1ccc2c(=O)c(Oc3ccccc3F)coc2c1C. The van der Waals surface area contributed by atoms with Crippen molar-refractivity contribution >= 4 is 16.9 Å². The summed E-state index contributed by atoms with van der Waals surface area (Å²) in [7, 11) is 1.26. The molecular weight excluding hydrogens is 343 g/mol. The van der Waals surface area contributed by atoms with Crippen LogP contribution in [0.2, 0.25) is 0 Å². The number of methoxy groups -OCH3 is 1. The van der Waals surface area contributed by atoms with Gasteiger partial charge in [-0.05, 0) is 31.2 Å². The average molecular weight is 358 g/mol. The fraction of sp³-hybridized carbons (Fsp3) is 0.158. The van der Waals surface area contributed by atoms with E-state index in [-0.39, 0.29) is 23.5 Å². The van der Waals surface area contributed by atoms with Crippen LogP contribution in [0.4, 0.5) is 4.39 Å². The Balaban J connectivity index is 1.96. The summed E-state index contributed by atoms with van der Waals surface area (Å²) in [6.07, 6.45) is 1.12. The number of ether oxygens (including phenoxy) is 3. The first-order chi connectivity index (χ1) is 12.5. The van der Waals surface area contributed by atoms with Gasteiger partial charge < -0.3 is 18.6 Å². The normalized spacial score (nSPS) is 10.6. The number of halogens is 1. The Morgan fingerprint density at radius 3 is 2.62 bits per heavy atom. The second-order valence-electron chi connectivity index (χ2n) is 5.39. The van der Waals surface area contributed by atoms with Gasteiger partial charge in [-0.3, -0.25) is 4.79 Å². The molecule has 0 aliphatic heterocycles. The fourth-order valence-corrected chi connectivity index (χ4v) is 2.37. The number of carbonyl (C=O) groups is 1. The average Bonchev–Trinajstić information content (AvgIpc) is 2.65. The van der Waals surface area contributed by atoms with Crippen molar-refractivity contribution in [2.75, 3.05) is 13.7 Å². The standard InChI is InChI=1S/C19H15FO6/c1-11-14(24-10-17(21)23-2)8-7-12-18(22)16(9-25-19(11)12)26-15-6-4-3-5-13(15)20/h3-9H,10H2,1-2H3. The van der Waals surface area contributed by atoms with Crippen LogP contribution in [0.5, 0.6) is 17.2 Å². The minimum Gasteiger partial charge on any atom is -0.481 e. The van der Waals surface area contributed by atoms with Gasteiger partial charge in [0.15, 0.2) is 18.2 Å². The third kappa shape index (κ3) is 3.37. The summed E-state index contributed by atoms with van der Waals surface area (Å²) in [6.45, 7) is 1.43.